The van der Waals surface area contributed by atoms with E-state index in [2.05, 4.69) is 19.9 Å². The maximum absolute atomic E-state index is 11.2. The van der Waals surface area contributed by atoms with Gasteiger partial charge in [-0.05, 0) is 19.1 Å². The van der Waals surface area contributed by atoms with Gasteiger partial charge in [0, 0.05) is 12.4 Å². The summed E-state index contributed by atoms with van der Waals surface area (Å²) < 4.78 is 30.1. The maximum Gasteiger partial charge on any atom is 0.249 e. The summed E-state index contributed by atoms with van der Waals surface area (Å²) in [6.07, 6.45) is 3.23. The summed E-state index contributed by atoms with van der Waals surface area (Å²) in [5.74, 6) is 0.538. The van der Waals surface area contributed by atoms with Gasteiger partial charge in [0.25, 0.3) is 0 Å². The van der Waals surface area contributed by atoms with Crippen LogP contribution in [0, 0.1) is 0 Å². The number of aromatic nitrogens is 3. The van der Waals surface area contributed by atoms with Gasteiger partial charge < -0.3 is 4.42 Å². The summed E-state index contributed by atoms with van der Waals surface area (Å²) in [6, 6.07) is 3.53. The molecule has 0 fully saturated rings. The Balaban J connectivity index is 2.08. The molecule has 0 aliphatic heterocycles. The van der Waals surface area contributed by atoms with Crippen molar-refractivity contribution in [2.24, 2.45) is 0 Å². The van der Waals surface area contributed by atoms with Crippen LogP contribution in [0.25, 0.3) is 11.5 Å². The van der Waals surface area contributed by atoms with E-state index < -0.39 is 10.0 Å². The monoisotopic (exact) mass is 268 g/mol. The molecule has 1 N–H and O–H groups in total. The van der Waals surface area contributed by atoms with Crippen molar-refractivity contribution in [3.8, 4) is 11.5 Å². The number of hydrogen-bond donors (Lipinski definition) is 1. The first kappa shape index (κ1) is 12.7. The van der Waals surface area contributed by atoms with Gasteiger partial charge in [-0.2, -0.15) is 0 Å². The van der Waals surface area contributed by atoms with Gasteiger partial charge in [-0.1, -0.05) is 0 Å². The van der Waals surface area contributed by atoms with Gasteiger partial charge in [-0.25, -0.2) is 13.1 Å². The van der Waals surface area contributed by atoms with E-state index in [4.69, 9.17) is 4.42 Å². The first-order valence-corrected chi connectivity index (χ1v) is 6.96. The van der Waals surface area contributed by atoms with Crippen LogP contribution in [0.5, 0.6) is 0 Å². The zero-order valence-corrected chi connectivity index (χ0v) is 10.5. The van der Waals surface area contributed by atoms with Crippen LogP contribution in [-0.4, -0.2) is 29.4 Å². The van der Waals surface area contributed by atoms with Crippen LogP contribution in [0.15, 0.2) is 28.9 Å². The molecule has 8 heteroatoms. The smallest absolute Gasteiger partial charge is 0.249 e. The lowest BCUT2D eigenvalue weighted by Gasteiger charge is -1.99. The van der Waals surface area contributed by atoms with Crippen molar-refractivity contribution in [1.82, 2.24) is 19.9 Å². The van der Waals surface area contributed by atoms with Crippen LogP contribution < -0.4 is 4.72 Å². The number of nitrogens with zero attached hydrogens (tertiary/aromatic N) is 3. The Kier molecular flexibility index (Phi) is 3.68. The molecule has 0 saturated heterocycles. The third-order valence-electron chi connectivity index (χ3n) is 2.20. The lowest BCUT2D eigenvalue weighted by Crippen LogP contribution is -2.24. The zero-order valence-electron chi connectivity index (χ0n) is 9.70. The average Bonchev–Trinajstić information content (AvgIpc) is 2.86. The fourth-order valence-electron chi connectivity index (χ4n) is 1.20. The van der Waals surface area contributed by atoms with Gasteiger partial charge in [0.05, 0.1) is 17.9 Å². The maximum atomic E-state index is 11.2. The quantitative estimate of drug-likeness (QED) is 0.851. The van der Waals surface area contributed by atoms with E-state index >= 15 is 0 Å². The van der Waals surface area contributed by atoms with Crippen molar-refractivity contribution in [1.29, 1.82) is 0 Å². The highest BCUT2D eigenvalue weighted by Crippen LogP contribution is 2.15. The molecule has 0 atom stereocenters. The number of nitrogens with one attached hydrogen (secondary N) is 1. The number of hydrogen-bond acceptors (Lipinski definition) is 6. The van der Waals surface area contributed by atoms with Crippen LogP contribution in [-0.2, 0) is 16.6 Å². The molecule has 2 aromatic rings. The van der Waals surface area contributed by atoms with Gasteiger partial charge in [-0.15, -0.1) is 10.2 Å². The highest BCUT2D eigenvalue weighted by atomic mass is 32.2. The second-order valence-electron chi connectivity index (χ2n) is 3.47. The highest BCUT2D eigenvalue weighted by molar-refractivity contribution is 7.89. The molecule has 2 rings (SSSR count). The number of pyridine rings is 1. The SMILES string of the molecule is CCS(=O)(=O)NCc1nnc(-c2cccnc2)o1. The molecular weight excluding hydrogens is 256 g/mol. The number of sulfonamides is 1. The molecule has 0 aliphatic rings. The Morgan fingerprint density at radius 1 is 1.39 bits per heavy atom. The molecule has 0 aromatic carbocycles. The Hall–Kier alpha value is -1.80. The first-order chi connectivity index (χ1) is 8.61. The molecule has 0 spiro atoms. The summed E-state index contributed by atoms with van der Waals surface area (Å²) in [5, 5.41) is 7.58. The van der Waals surface area contributed by atoms with Crippen LogP contribution in [0.1, 0.15) is 12.8 Å². The minimum Gasteiger partial charge on any atom is -0.419 e. The Bertz CT molecular complexity index is 609. The van der Waals surface area contributed by atoms with Gasteiger partial charge in [0.2, 0.25) is 21.8 Å². The van der Waals surface area contributed by atoms with Crippen molar-refractivity contribution in [2.45, 2.75) is 13.5 Å². The van der Waals surface area contributed by atoms with E-state index in [-0.39, 0.29) is 18.2 Å². The molecule has 2 heterocycles. The van der Waals surface area contributed by atoms with Crippen LogP contribution in [0.3, 0.4) is 0 Å². The Morgan fingerprint density at radius 3 is 2.89 bits per heavy atom. The van der Waals surface area contributed by atoms with Gasteiger partial charge in [0.1, 0.15) is 0 Å². The van der Waals surface area contributed by atoms with Crippen molar-refractivity contribution >= 4 is 10.0 Å². The zero-order chi connectivity index (χ0) is 13.0. The summed E-state index contributed by atoms with van der Waals surface area (Å²) in [7, 11) is -3.26. The van der Waals surface area contributed by atoms with Crippen molar-refractivity contribution < 1.29 is 12.8 Å². The van der Waals surface area contributed by atoms with Crippen molar-refractivity contribution in [3.05, 3.63) is 30.4 Å². The van der Waals surface area contributed by atoms with Crippen LogP contribution in [0.2, 0.25) is 0 Å². The predicted molar refractivity (Wildman–Crippen MR) is 63.8 cm³/mol. The first-order valence-electron chi connectivity index (χ1n) is 5.31. The summed E-state index contributed by atoms with van der Waals surface area (Å²) in [6.45, 7) is 1.54. The average molecular weight is 268 g/mol. The minimum atomic E-state index is -3.26. The van der Waals surface area contributed by atoms with E-state index in [1.807, 2.05) is 0 Å². The second-order valence-corrected chi connectivity index (χ2v) is 5.56. The minimum absolute atomic E-state index is 0.0105. The molecule has 7 nitrogen and oxygen atoms in total. The van der Waals surface area contributed by atoms with E-state index in [0.29, 0.717) is 11.5 Å². The topological polar surface area (TPSA) is 98.0 Å². The van der Waals surface area contributed by atoms with Gasteiger partial charge in [0.15, 0.2) is 0 Å². The Morgan fingerprint density at radius 2 is 2.22 bits per heavy atom. The van der Waals surface area contributed by atoms with Gasteiger partial charge >= 0.3 is 0 Å². The molecule has 2 aromatic heterocycles. The van der Waals surface area contributed by atoms with Gasteiger partial charge in [-0.3, -0.25) is 4.98 Å². The molecule has 0 amide bonds. The Labute approximate surface area is 104 Å². The second kappa shape index (κ2) is 5.23. The highest BCUT2D eigenvalue weighted by Gasteiger charge is 2.11. The summed E-state index contributed by atoms with van der Waals surface area (Å²) in [4.78, 5) is 3.93. The molecule has 0 saturated carbocycles. The lowest BCUT2D eigenvalue weighted by molar-refractivity contribution is 0.494. The molecule has 0 unspecified atom stereocenters. The van der Waals surface area contributed by atoms with E-state index in [1.54, 1.807) is 31.5 Å². The molecule has 96 valence electrons. The third-order valence-corrected chi connectivity index (χ3v) is 3.54. The molecular formula is C10H12N4O3S. The van der Waals surface area contributed by atoms with Crippen molar-refractivity contribution in [2.75, 3.05) is 5.75 Å². The van der Waals surface area contributed by atoms with Crippen molar-refractivity contribution in [3.63, 3.8) is 0 Å². The fourth-order valence-corrected chi connectivity index (χ4v) is 1.75. The standard InChI is InChI=1S/C10H12N4O3S/c1-2-18(15,16)12-7-9-13-14-10(17-9)8-4-3-5-11-6-8/h3-6,12H,2,7H2,1H3. The largest absolute Gasteiger partial charge is 0.419 e. The molecule has 0 aliphatic carbocycles. The third kappa shape index (κ3) is 3.11. The molecule has 18 heavy (non-hydrogen) atoms. The van der Waals surface area contributed by atoms with E-state index in [0.717, 1.165) is 0 Å². The fraction of sp³-hybridized carbons (Fsp3) is 0.300. The van der Waals surface area contributed by atoms with E-state index in [9.17, 15) is 8.42 Å². The summed E-state index contributed by atoms with van der Waals surface area (Å²) >= 11 is 0. The van der Waals surface area contributed by atoms with Crippen LogP contribution >= 0.6 is 0 Å². The van der Waals surface area contributed by atoms with Crippen LogP contribution in [0.4, 0.5) is 0 Å². The normalized spacial score (nSPS) is 11.6. The lowest BCUT2D eigenvalue weighted by atomic mass is 10.3. The molecule has 0 bridgehead atoms. The number of rotatable bonds is 5. The predicted octanol–water partition coefficient (Wildman–Crippen LogP) is 0.571. The molecule has 0 radical (unpaired) electrons. The van der Waals surface area contributed by atoms with E-state index in [1.165, 1.54) is 0 Å². The summed E-state index contributed by atoms with van der Waals surface area (Å²) in [5.41, 5.74) is 0.689.